The lowest BCUT2D eigenvalue weighted by Gasteiger charge is -2.16. The summed E-state index contributed by atoms with van der Waals surface area (Å²) >= 11 is 0. The minimum Gasteiger partial charge on any atom is -0.382 e. The van der Waals surface area contributed by atoms with Gasteiger partial charge in [0.15, 0.2) is 0 Å². The third-order valence-electron chi connectivity index (χ3n) is 3.20. The van der Waals surface area contributed by atoms with Crippen LogP contribution in [-0.4, -0.2) is 69.4 Å². The van der Waals surface area contributed by atoms with Crippen molar-refractivity contribution in [1.29, 1.82) is 0 Å². The normalized spacial score (nSPS) is 10.9. The molecule has 0 spiro atoms. The molecular weight excluding hydrogens is 282 g/mol. The molecule has 0 atom stereocenters. The van der Waals surface area contributed by atoms with E-state index in [4.69, 9.17) is 9.47 Å². The van der Waals surface area contributed by atoms with Gasteiger partial charge in [-0.25, -0.2) is 0 Å². The summed E-state index contributed by atoms with van der Waals surface area (Å²) in [7, 11) is 3.64. The van der Waals surface area contributed by atoms with Gasteiger partial charge in [0.2, 0.25) is 5.91 Å². The van der Waals surface area contributed by atoms with Gasteiger partial charge in [-0.3, -0.25) is 9.78 Å². The standard InChI is InChI=1S/C16H27N3O3/c1-19(11-12-22-14-13-21-2)10-7-16(20)18-9-6-15-5-3-4-8-17-15/h3-5,8H,6-7,9-14H2,1-2H3,(H,18,20). The summed E-state index contributed by atoms with van der Waals surface area (Å²) in [5.41, 5.74) is 0.994. The van der Waals surface area contributed by atoms with Crippen LogP contribution in [0, 0.1) is 0 Å². The largest absolute Gasteiger partial charge is 0.382 e. The van der Waals surface area contributed by atoms with Gasteiger partial charge in [0, 0.05) is 51.5 Å². The van der Waals surface area contributed by atoms with Crippen molar-refractivity contribution < 1.29 is 14.3 Å². The number of hydrogen-bond donors (Lipinski definition) is 1. The molecule has 22 heavy (non-hydrogen) atoms. The number of amides is 1. The third kappa shape index (κ3) is 9.44. The monoisotopic (exact) mass is 309 g/mol. The lowest BCUT2D eigenvalue weighted by atomic mass is 10.2. The Labute approximate surface area is 132 Å². The summed E-state index contributed by atoms with van der Waals surface area (Å²) in [6.07, 6.45) is 3.02. The van der Waals surface area contributed by atoms with E-state index in [0.717, 1.165) is 25.2 Å². The van der Waals surface area contributed by atoms with E-state index in [2.05, 4.69) is 15.2 Å². The molecule has 0 aliphatic rings. The van der Waals surface area contributed by atoms with Crippen molar-refractivity contribution in [2.45, 2.75) is 12.8 Å². The van der Waals surface area contributed by atoms with Gasteiger partial charge in [-0.2, -0.15) is 0 Å². The number of carbonyl (C=O) groups excluding carboxylic acids is 1. The maximum Gasteiger partial charge on any atom is 0.221 e. The Hall–Kier alpha value is -1.50. The number of hydrogen-bond acceptors (Lipinski definition) is 5. The second-order valence-corrected chi connectivity index (χ2v) is 5.08. The van der Waals surface area contributed by atoms with Gasteiger partial charge >= 0.3 is 0 Å². The fourth-order valence-electron chi connectivity index (χ4n) is 1.83. The van der Waals surface area contributed by atoms with Crippen molar-refractivity contribution in [2.24, 2.45) is 0 Å². The van der Waals surface area contributed by atoms with E-state index in [1.54, 1.807) is 13.3 Å². The molecule has 0 unspecified atom stereocenters. The summed E-state index contributed by atoms with van der Waals surface area (Å²) in [5.74, 6) is 0.0723. The van der Waals surface area contributed by atoms with Gasteiger partial charge in [0.05, 0.1) is 19.8 Å². The Balaban J connectivity index is 2.00. The van der Waals surface area contributed by atoms with Crippen LogP contribution >= 0.6 is 0 Å². The smallest absolute Gasteiger partial charge is 0.221 e. The molecule has 6 heteroatoms. The van der Waals surface area contributed by atoms with Crippen LogP contribution in [0.15, 0.2) is 24.4 Å². The molecule has 0 bridgehead atoms. The van der Waals surface area contributed by atoms with Crippen LogP contribution in [0.4, 0.5) is 0 Å². The highest BCUT2D eigenvalue weighted by molar-refractivity contribution is 5.76. The number of nitrogens with zero attached hydrogens (tertiary/aromatic N) is 2. The number of methoxy groups -OCH3 is 1. The van der Waals surface area contributed by atoms with Crippen LogP contribution in [-0.2, 0) is 20.7 Å². The first-order valence-electron chi connectivity index (χ1n) is 7.64. The van der Waals surface area contributed by atoms with E-state index in [1.165, 1.54) is 0 Å². The molecule has 0 saturated carbocycles. The summed E-state index contributed by atoms with van der Waals surface area (Å²) < 4.78 is 10.3. The molecule has 6 nitrogen and oxygen atoms in total. The topological polar surface area (TPSA) is 63.7 Å². The molecule has 124 valence electrons. The van der Waals surface area contributed by atoms with Gasteiger partial charge in [-0.05, 0) is 19.2 Å². The second kappa shape index (κ2) is 12.1. The molecule has 1 amide bonds. The molecular formula is C16H27N3O3. The van der Waals surface area contributed by atoms with E-state index < -0.39 is 0 Å². The molecule has 1 rings (SSSR count). The molecule has 0 aliphatic heterocycles. The summed E-state index contributed by atoms with van der Waals surface area (Å²) in [6.45, 7) is 4.04. The van der Waals surface area contributed by atoms with E-state index in [-0.39, 0.29) is 5.91 Å². The average molecular weight is 309 g/mol. The highest BCUT2D eigenvalue weighted by Gasteiger charge is 2.04. The highest BCUT2D eigenvalue weighted by atomic mass is 16.5. The SMILES string of the molecule is COCCOCCN(C)CCC(=O)NCCc1ccccn1. The van der Waals surface area contributed by atoms with Crippen molar-refractivity contribution in [3.05, 3.63) is 30.1 Å². The Morgan fingerprint density at radius 1 is 1.27 bits per heavy atom. The predicted molar refractivity (Wildman–Crippen MR) is 85.8 cm³/mol. The van der Waals surface area contributed by atoms with Crippen LogP contribution in [0.3, 0.4) is 0 Å². The minimum absolute atomic E-state index is 0.0723. The number of carbonyl (C=O) groups is 1. The summed E-state index contributed by atoms with van der Waals surface area (Å²) in [5, 5.41) is 2.92. The van der Waals surface area contributed by atoms with Gasteiger partial charge < -0.3 is 19.7 Å². The fraction of sp³-hybridized carbons (Fsp3) is 0.625. The Kier molecular flexibility index (Phi) is 10.2. The van der Waals surface area contributed by atoms with E-state index >= 15 is 0 Å². The number of pyridine rings is 1. The maximum atomic E-state index is 11.7. The lowest BCUT2D eigenvalue weighted by Crippen LogP contribution is -2.31. The third-order valence-corrected chi connectivity index (χ3v) is 3.20. The van der Waals surface area contributed by atoms with E-state index in [0.29, 0.717) is 32.8 Å². The predicted octanol–water partition coefficient (Wildman–Crippen LogP) is 0.725. The second-order valence-electron chi connectivity index (χ2n) is 5.08. The van der Waals surface area contributed by atoms with E-state index in [1.807, 2.05) is 25.2 Å². The quantitative estimate of drug-likeness (QED) is 0.577. The van der Waals surface area contributed by atoms with Crippen LogP contribution in [0.2, 0.25) is 0 Å². The average Bonchev–Trinajstić information content (AvgIpc) is 2.54. The van der Waals surface area contributed by atoms with Crippen molar-refractivity contribution in [1.82, 2.24) is 15.2 Å². The molecule has 0 fully saturated rings. The van der Waals surface area contributed by atoms with Gasteiger partial charge in [-0.15, -0.1) is 0 Å². The van der Waals surface area contributed by atoms with Gasteiger partial charge in [0.25, 0.3) is 0 Å². The molecule has 1 aromatic rings. The van der Waals surface area contributed by atoms with Gasteiger partial charge in [0.1, 0.15) is 0 Å². The van der Waals surface area contributed by atoms with Crippen LogP contribution < -0.4 is 5.32 Å². The first kappa shape index (κ1) is 18.5. The zero-order valence-corrected chi connectivity index (χ0v) is 13.6. The lowest BCUT2D eigenvalue weighted by molar-refractivity contribution is -0.121. The van der Waals surface area contributed by atoms with Crippen LogP contribution in [0.1, 0.15) is 12.1 Å². The molecule has 1 aromatic heterocycles. The zero-order valence-electron chi connectivity index (χ0n) is 13.6. The molecule has 0 saturated heterocycles. The van der Waals surface area contributed by atoms with Crippen molar-refractivity contribution in [3.8, 4) is 0 Å². The molecule has 0 aromatic carbocycles. The Morgan fingerprint density at radius 2 is 2.14 bits per heavy atom. The van der Waals surface area contributed by atoms with Crippen molar-refractivity contribution in [2.75, 3.05) is 53.6 Å². The van der Waals surface area contributed by atoms with E-state index in [9.17, 15) is 4.79 Å². The number of ether oxygens (including phenoxy) is 2. The highest BCUT2D eigenvalue weighted by Crippen LogP contribution is 1.94. The van der Waals surface area contributed by atoms with Gasteiger partial charge in [-0.1, -0.05) is 6.07 Å². The molecule has 0 radical (unpaired) electrons. The van der Waals surface area contributed by atoms with Crippen LogP contribution in [0.5, 0.6) is 0 Å². The Morgan fingerprint density at radius 3 is 2.86 bits per heavy atom. The Bertz CT molecular complexity index is 401. The molecule has 1 heterocycles. The number of aromatic nitrogens is 1. The number of nitrogens with one attached hydrogen (secondary N) is 1. The van der Waals surface area contributed by atoms with Crippen molar-refractivity contribution in [3.63, 3.8) is 0 Å². The fourth-order valence-corrected chi connectivity index (χ4v) is 1.83. The molecule has 0 aliphatic carbocycles. The van der Waals surface area contributed by atoms with Crippen LogP contribution in [0.25, 0.3) is 0 Å². The van der Waals surface area contributed by atoms with Crippen molar-refractivity contribution >= 4 is 5.91 Å². The molecule has 1 N–H and O–H groups in total. The summed E-state index contributed by atoms with van der Waals surface area (Å²) in [6, 6.07) is 5.80. The first-order valence-corrected chi connectivity index (χ1v) is 7.64. The maximum absolute atomic E-state index is 11.7. The first-order chi connectivity index (χ1) is 10.7. The zero-order chi connectivity index (χ0) is 16.0. The minimum atomic E-state index is 0.0723. The number of rotatable bonds is 12. The summed E-state index contributed by atoms with van der Waals surface area (Å²) in [4.78, 5) is 18.1. The number of likely N-dealkylation sites (N-methyl/N-ethyl adjacent to an activating group) is 1.